The fourth-order valence-corrected chi connectivity index (χ4v) is 3.47. The third-order valence-corrected chi connectivity index (χ3v) is 4.86. The van der Waals surface area contributed by atoms with Gasteiger partial charge >= 0.3 is 0 Å². The number of carbonyl (C=O) groups excluding carboxylic acids is 1. The lowest BCUT2D eigenvalue weighted by Gasteiger charge is -2.28. The van der Waals surface area contributed by atoms with Crippen LogP contribution in [0.2, 0.25) is 0 Å². The lowest BCUT2D eigenvalue weighted by Crippen LogP contribution is -2.32. The van der Waals surface area contributed by atoms with Crippen molar-refractivity contribution in [3.63, 3.8) is 0 Å². The lowest BCUT2D eigenvalue weighted by molar-refractivity contribution is -0.120. The molecule has 128 valence electrons. The predicted molar refractivity (Wildman–Crippen MR) is 91.7 cm³/mol. The molecule has 0 heterocycles. The Labute approximate surface area is 139 Å². The van der Waals surface area contributed by atoms with Gasteiger partial charge in [-0.3, -0.25) is 4.79 Å². The van der Waals surface area contributed by atoms with Crippen molar-refractivity contribution in [2.24, 2.45) is 11.8 Å². The summed E-state index contributed by atoms with van der Waals surface area (Å²) in [6, 6.07) is 5.04. The van der Waals surface area contributed by atoms with E-state index in [-0.39, 0.29) is 11.7 Å². The maximum absolute atomic E-state index is 12.1. The Morgan fingerprint density at radius 2 is 1.96 bits per heavy atom. The topological polar surface area (TPSA) is 58.6 Å². The van der Waals surface area contributed by atoms with Crippen LogP contribution in [0.1, 0.15) is 51.0 Å². The van der Waals surface area contributed by atoms with Gasteiger partial charge in [-0.2, -0.15) is 0 Å². The standard InChI is InChI=1S/C19H29NO3/c1-3-4-14-5-7-15(8-6-14)13-20-19(22)12-16-9-10-17(21)18(11-16)23-2/h9-11,14-15,21H,3-8,12-13H2,1-2H3,(H,20,22). The number of carbonyl (C=O) groups is 1. The summed E-state index contributed by atoms with van der Waals surface area (Å²) in [5.41, 5.74) is 0.851. The van der Waals surface area contributed by atoms with Gasteiger partial charge < -0.3 is 15.2 Å². The van der Waals surface area contributed by atoms with Crippen LogP contribution in [0.5, 0.6) is 11.5 Å². The molecule has 0 bridgehead atoms. The van der Waals surface area contributed by atoms with Crippen LogP contribution in [0.25, 0.3) is 0 Å². The number of hydrogen-bond donors (Lipinski definition) is 2. The van der Waals surface area contributed by atoms with Crippen LogP contribution in [0.3, 0.4) is 0 Å². The quantitative estimate of drug-likeness (QED) is 0.806. The first-order chi connectivity index (χ1) is 11.1. The Balaban J connectivity index is 1.73. The molecule has 1 aliphatic rings. The normalized spacial score (nSPS) is 21.0. The molecular formula is C19H29NO3. The van der Waals surface area contributed by atoms with E-state index in [1.807, 2.05) is 0 Å². The smallest absolute Gasteiger partial charge is 0.224 e. The number of benzene rings is 1. The molecule has 1 aromatic rings. The largest absolute Gasteiger partial charge is 0.504 e. The van der Waals surface area contributed by atoms with E-state index in [2.05, 4.69) is 12.2 Å². The summed E-state index contributed by atoms with van der Waals surface area (Å²) in [5.74, 6) is 2.07. The third-order valence-electron chi connectivity index (χ3n) is 4.86. The summed E-state index contributed by atoms with van der Waals surface area (Å²) in [5, 5.41) is 12.6. The zero-order valence-electron chi connectivity index (χ0n) is 14.3. The predicted octanol–water partition coefficient (Wildman–Crippen LogP) is 3.67. The zero-order valence-corrected chi connectivity index (χ0v) is 14.3. The number of nitrogens with one attached hydrogen (secondary N) is 1. The second-order valence-electron chi connectivity index (χ2n) is 6.66. The Hall–Kier alpha value is -1.71. The van der Waals surface area contributed by atoms with Crippen molar-refractivity contribution in [3.05, 3.63) is 23.8 Å². The molecule has 4 heteroatoms. The number of methoxy groups -OCH3 is 1. The molecular weight excluding hydrogens is 290 g/mol. The lowest BCUT2D eigenvalue weighted by atomic mass is 9.80. The molecule has 0 aliphatic heterocycles. The molecule has 1 aliphatic carbocycles. The van der Waals surface area contributed by atoms with Crippen LogP contribution >= 0.6 is 0 Å². The van der Waals surface area contributed by atoms with E-state index < -0.39 is 0 Å². The van der Waals surface area contributed by atoms with E-state index in [1.54, 1.807) is 18.2 Å². The van der Waals surface area contributed by atoms with Crippen molar-refractivity contribution in [2.75, 3.05) is 13.7 Å². The van der Waals surface area contributed by atoms with Crippen molar-refractivity contribution in [3.8, 4) is 11.5 Å². The molecule has 1 saturated carbocycles. The highest BCUT2D eigenvalue weighted by atomic mass is 16.5. The molecule has 0 atom stereocenters. The minimum atomic E-state index is 0.0356. The van der Waals surface area contributed by atoms with E-state index in [4.69, 9.17) is 4.74 Å². The van der Waals surface area contributed by atoms with E-state index in [0.717, 1.165) is 18.0 Å². The van der Waals surface area contributed by atoms with Crippen molar-refractivity contribution in [1.29, 1.82) is 0 Å². The van der Waals surface area contributed by atoms with Crippen LogP contribution < -0.4 is 10.1 Å². The molecule has 2 rings (SSSR count). The van der Waals surface area contributed by atoms with Gasteiger partial charge in [0.15, 0.2) is 11.5 Å². The van der Waals surface area contributed by atoms with Gasteiger partial charge in [-0.15, -0.1) is 0 Å². The minimum absolute atomic E-state index is 0.0356. The monoisotopic (exact) mass is 319 g/mol. The van der Waals surface area contributed by atoms with Gasteiger partial charge in [0.2, 0.25) is 5.91 Å². The van der Waals surface area contributed by atoms with Crippen LogP contribution in [0, 0.1) is 11.8 Å². The molecule has 0 spiro atoms. The molecule has 4 nitrogen and oxygen atoms in total. The Morgan fingerprint density at radius 3 is 2.61 bits per heavy atom. The minimum Gasteiger partial charge on any atom is -0.504 e. The number of phenolic OH excluding ortho intramolecular Hbond substituents is 1. The molecule has 0 aromatic heterocycles. The number of rotatable bonds is 7. The van der Waals surface area contributed by atoms with Gasteiger partial charge in [-0.1, -0.05) is 38.7 Å². The summed E-state index contributed by atoms with van der Waals surface area (Å²) in [7, 11) is 1.51. The zero-order chi connectivity index (χ0) is 16.7. The van der Waals surface area contributed by atoms with E-state index in [9.17, 15) is 9.90 Å². The first-order valence-corrected chi connectivity index (χ1v) is 8.75. The molecule has 23 heavy (non-hydrogen) atoms. The van der Waals surface area contributed by atoms with Crippen molar-refractivity contribution in [1.82, 2.24) is 5.32 Å². The molecule has 1 amide bonds. The summed E-state index contributed by atoms with van der Waals surface area (Å²) in [6.45, 7) is 3.04. The molecule has 0 unspecified atom stereocenters. The van der Waals surface area contributed by atoms with Crippen LogP contribution in [-0.4, -0.2) is 24.7 Å². The van der Waals surface area contributed by atoms with Crippen molar-refractivity contribution in [2.45, 2.75) is 51.9 Å². The first-order valence-electron chi connectivity index (χ1n) is 8.75. The summed E-state index contributed by atoms with van der Waals surface area (Å²) in [4.78, 5) is 12.1. The van der Waals surface area contributed by atoms with Crippen molar-refractivity contribution < 1.29 is 14.6 Å². The number of phenols is 1. The number of ether oxygens (including phenoxy) is 1. The summed E-state index contributed by atoms with van der Waals surface area (Å²) < 4.78 is 5.07. The third kappa shape index (κ3) is 5.45. The van der Waals surface area contributed by atoms with Crippen LogP contribution in [-0.2, 0) is 11.2 Å². The van der Waals surface area contributed by atoms with E-state index in [1.165, 1.54) is 45.6 Å². The highest BCUT2D eigenvalue weighted by Gasteiger charge is 2.20. The Bertz CT molecular complexity index is 507. The molecule has 2 N–H and O–H groups in total. The molecule has 0 saturated heterocycles. The molecule has 0 radical (unpaired) electrons. The average Bonchev–Trinajstić information content (AvgIpc) is 2.56. The maximum Gasteiger partial charge on any atom is 0.224 e. The van der Waals surface area contributed by atoms with Gasteiger partial charge in [-0.25, -0.2) is 0 Å². The average molecular weight is 319 g/mol. The van der Waals surface area contributed by atoms with Crippen LogP contribution in [0.4, 0.5) is 0 Å². The number of hydrogen-bond acceptors (Lipinski definition) is 3. The van der Waals surface area contributed by atoms with Gasteiger partial charge in [-0.05, 0) is 42.4 Å². The molecule has 1 fully saturated rings. The van der Waals surface area contributed by atoms with E-state index >= 15 is 0 Å². The maximum atomic E-state index is 12.1. The fourth-order valence-electron chi connectivity index (χ4n) is 3.47. The SMILES string of the molecule is CCCC1CCC(CNC(=O)Cc2ccc(O)c(OC)c2)CC1. The second-order valence-corrected chi connectivity index (χ2v) is 6.66. The summed E-state index contributed by atoms with van der Waals surface area (Å²) in [6.07, 6.45) is 8.04. The second kappa shape index (κ2) is 8.80. The summed E-state index contributed by atoms with van der Waals surface area (Å²) >= 11 is 0. The van der Waals surface area contributed by atoms with Crippen molar-refractivity contribution >= 4 is 5.91 Å². The molecule has 1 aromatic carbocycles. The van der Waals surface area contributed by atoms with Gasteiger partial charge in [0.05, 0.1) is 13.5 Å². The van der Waals surface area contributed by atoms with Gasteiger partial charge in [0.1, 0.15) is 0 Å². The van der Waals surface area contributed by atoms with Gasteiger partial charge in [0.25, 0.3) is 0 Å². The number of aromatic hydroxyl groups is 1. The fraction of sp³-hybridized carbons (Fsp3) is 0.632. The Kier molecular flexibility index (Phi) is 6.75. The van der Waals surface area contributed by atoms with E-state index in [0.29, 0.717) is 18.1 Å². The highest BCUT2D eigenvalue weighted by Crippen LogP contribution is 2.31. The Morgan fingerprint density at radius 1 is 1.26 bits per heavy atom. The van der Waals surface area contributed by atoms with Gasteiger partial charge in [0, 0.05) is 6.54 Å². The first kappa shape index (κ1) is 17.6. The number of amides is 1. The highest BCUT2D eigenvalue weighted by molar-refractivity contribution is 5.78. The van der Waals surface area contributed by atoms with Crippen LogP contribution in [0.15, 0.2) is 18.2 Å².